The van der Waals surface area contributed by atoms with Gasteiger partial charge in [-0.15, -0.1) is 0 Å². The zero-order valence-electron chi connectivity index (χ0n) is 15.2. The Labute approximate surface area is 151 Å². The molecule has 1 aromatic rings. The van der Waals surface area contributed by atoms with E-state index in [0.717, 1.165) is 37.7 Å². The Hall–Kier alpha value is -2.14. The van der Waals surface area contributed by atoms with E-state index in [4.69, 9.17) is 4.74 Å². The van der Waals surface area contributed by atoms with Crippen LogP contribution in [0.1, 0.15) is 50.2 Å². The standard InChI is InChI=1S/C20H30N2O3/c1-3-21-17-22-16-19(18-12-8-7-9-13-18)25-15-11-6-4-5-10-14-20(23)24-2/h3,7-9,12-13,17,19H,1,4-6,10-11,14-16H2,2H3,(H,21,22). The zero-order valence-corrected chi connectivity index (χ0v) is 15.2. The molecule has 0 amide bonds. The molecule has 1 atom stereocenters. The number of unbranched alkanes of at least 4 members (excludes halogenated alkanes) is 4. The fraction of sp³-hybridized carbons (Fsp3) is 0.500. The smallest absolute Gasteiger partial charge is 0.305 e. The molecule has 25 heavy (non-hydrogen) atoms. The van der Waals surface area contributed by atoms with E-state index in [2.05, 4.69) is 33.8 Å². The third kappa shape index (κ3) is 10.4. The summed E-state index contributed by atoms with van der Waals surface area (Å²) in [6.45, 7) is 4.86. The van der Waals surface area contributed by atoms with Crippen molar-refractivity contribution in [2.75, 3.05) is 20.3 Å². The first-order valence-corrected chi connectivity index (χ1v) is 8.86. The van der Waals surface area contributed by atoms with Crippen molar-refractivity contribution in [2.45, 2.75) is 44.6 Å². The van der Waals surface area contributed by atoms with Crippen molar-refractivity contribution in [2.24, 2.45) is 4.99 Å². The minimum atomic E-state index is -0.125. The van der Waals surface area contributed by atoms with Gasteiger partial charge in [-0.25, -0.2) is 0 Å². The van der Waals surface area contributed by atoms with Crippen molar-refractivity contribution in [3.63, 3.8) is 0 Å². The van der Waals surface area contributed by atoms with E-state index in [9.17, 15) is 4.79 Å². The molecule has 5 nitrogen and oxygen atoms in total. The average molecular weight is 346 g/mol. The van der Waals surface area contributed by atoms with Gasteiger partial charge >= 0.3 is 5.97 Å². The first-order valence-electron chi connectivity index (χ1n) is 8.86. The van der Waals surface area contributed by atoms with Crippen LogP contribution in [0.15, 0.2) is 48.1 Å². The minimum absolute atomic E-state index is 0.0385. The van der Waals surface area contributed by atoms with Gasteiger partial charge in [-0.1, -0.05) is 56.2 Å². The average Bonchev–Trinajstić information content (AvgIpc) is 2.65. The quantitative estimate of drug-likeness (QED) is 0.239. The highest BCUT2D eigenvalue weighted by molar-refractivity contribution is 5.68. The van der Waals surface area contributed by atoms with Crippen LogP contribution in [0.2, 0.25) is 0 Å². The second kappa shape index (κ2) is 14.2. The monoisotopic (exact) mass is 346 g/mol. The molecule has 0 saturated carbocycles. The number of carbonyl (C=O) groups excluding carboxylic acids is 1. The Kier molecular flexibility index (Phi) is 11.9. The number of nitrogens with zero attached hydrogens (tertiary/aromatic N) is 1. The van der Waals surface area contributed by atoms with Gasteiger partial charge in [-0.2, -0.15) is 0 Å². The molecule has 0 radical (unpaired) electrons. The number of benzene rings is 1. The van der Waals surface area contributed by atoms with E-state index < -0.39 is 0 Å². The number of aliphatic imine (C=N–C) groups is 1. The summed E-state index contributed by atoms with van der Waals surface area (Å²) in [6, 6.07) is 10.1. The van der Waals surface area contributed by atoms with Crippen LogP contribution in [0.4, 0.5) is 0 Å². The molecule has 138 valence electrons. The van der Waals surface area contributed by atoms with Crippen LogP contribution < -0.4 is 5.32 Å². The summed E-state index contributed by atoms with van der Waals surface area (Å²) in [5.41, 5.74) is 1.14. The van der Waals surface area contributed by atoms with Crippen molar-refractivity contribution in [3.05, 3.63) is 48.7 Å². The molecule has 1 unspecified atom stereocenters. The van der Waals surface area contributed by atoms with E-state index in [0.29, 0.717) is 19.6 Å². The van der Waals surface area contributed by atoms with Crippen molar-refractivity contribution in [1.29, 1.82) is 0 Å². The van der Waals surface area contributed by atoms with Gasteiger partial charge in [-0.3, -0.25) is 9.79 Å². The highest BCUT2D eigenvalue weighted by atomic mass is 16.5. The van der Waals surface area contributed by atoms with Crippen LogP contribution in [-0.2, 0) is 14.3 Å². The first kappa shape index (κ1) is 20.9. The molecule has 0 aliphatic carbocycles. The Morgan fingerprint density at radius 1 is 1.20 bits per heavy atom. The summed E-state index contributed by atoms with van der Waals surface area (Å²) in [5, 5.41) is 2.85. The molecular formula is C20H30N2O3. The van der Waals surface area contributed by atoms with Crippen LogP contribution in [0.3, 0.4) is 0 Å². The Balaban J connectivity index is 2.24. The van der Waals surface area contributed by atoms with Crippen LogP contribution in [0.5, 0.6) is 0 Å². The highest BCUT2D eigenvalue weighted by Gasteiger charge is 2.10. The van der Waals surface area contributed by atoms with E-state index in [1.165, 1.54) is 7.11 Å². The molecule has 0 aromatic heterocycles. The number of hydrogen-bond donors (Lipinski definition) is 1. The zero-order chi connectivity index (χ0) is 18.2. The summed E-state index contributed by atoms with van der Waals surface area (Å²) in [7, 11) is 1.43. The van der Waals surface area contributed by atoms with E-state index in [1.807, 2.05) is 18.2 Å². The maximum Gasteiger partial charge on any atom is 0.305 e. The minimum Gasteiger partial charge on any atom is -0.469 e. The Morgan fingerprint density at radius 3 is 2.64 bits per heavy atom. The molecule has 0 heterocycles. The summed E-state index contributed by atoms with van der Waals surface area (Å²) < 4.78 is 10.7. The van der Waals surface area contributed by atoms with E-state index in [1.54, 1.807) is 12.5 Å². The molecule has 5 heteroatoms. The first-order chi connectivity index (χ1) is 12.3. The van der Waals surface area contributed by atoms with Crippen LogP contribution in [0, 0.1) is 0 Å². The second-order valence-electron chi connectivity index (χ2n) is 5.73. The van der Waals surface area contributed by atoms with Crippen molar-refractivity contribution < 1.29 is 14.3 Å². The van der Waals surface area contributed by atoms with Crippen LogP contribution in [-0.4, -0.2) is 32.6 Å². The maximum atomic E-state index is 11.0. The van der Waals surface area contributed by atoms with Crippen molar-refractivity contribution in [1.82, 2.24) is 5.32 Å². The molecule has 0 aliphatic heterocycles. The summed E-state index contributed by atoms with van der Waals surface area (Å²) in [5.74, 6) is -0.125. The molecule has 0 spiro atoms. The van der Waals surface area contributed by atoms with Crippen molar-refractivity contribution in [3.8, 4) is 0 Å². The maximum absolute atomic E-state index is 11.0. The van der Waals surface area contributed by atoms with Gasteiger partial charge in [0.1, 0.15) is 6.10 Å². The fourth-order valence-corrected chi connectivity index (χ4v) is 2.41. The number of nitrogens with one attached hydrogen (secondary N) is 1. The van der Waals surface area contributed by atoms with Gasteiger partial charge in [-0.05, 0) is 24.6 Å². The molecule has 1 N–H and O–H groups in total. The molecule has 0 saturated heterocycles. The largest absolute Gasteiger partial charge is 0.469 e. The van der Waals surface area contributed by atoms with Gasteiger partial charge in [0.25, 0.3) is 0 Å². The molecule has 0 aliphatic rings. The predicted molar refractivity (Wildman–Crippen MR) is 102 cm³/mol. The number of ether oxygens (including phenoxy) is 2. The molecule has 0 bridgehead atoms. The normalized spacial score (nSPS) is 12.0. The lowest BCUT2D eigenvalue weighted by atomic mass is 10.1. The number of methoxy groups -OCH3 is 1. The Bertz CT molecular complexity index is 503. The third-order valence-corrected chi connectivity index (χ3v) is 3.80. The molecule has 0 fully saturated rings. The lowest BCUT2D eigenvalue weighted by Gasteiger charge is -2.16. The predicted octanol–water partition coefficient (Wildman–Crippen LogP) is 4.02. The number of carbonyl (C=O) groups is 1. The van der Waals surface area contributed by atoms with Gasteiger partial charge < -0.3 is 14.8 Å². The number of esters is 1. The van der Waals surface area contributed by atoms with Gasteiger partial charge in [0, 0.05) is 13.0 Å². The van der Waals surface area contributed by atoms with Gasteiger partial charge in [0.2, 0.25) is 0 Å². The van der Waals surface area contributed by atoms with E-state index >= 15 is 0 Å². The second-order valence-corrected chi connectivity index (χ2v) is 5.73. The van der Waals surface area contributed by atoms with Crippen molar-refractivity contribution >= 4 is 12.3 Å². The lowest BCUT2D eigenvalue weighted by Crippen LogP contribution is -2.11. The SMILES string of the molecule is C=CNC=NCC(OCCCCCCCC(=O)OC)c1ccccc1. The van der Waals surface area contributed by atoms with Gasteiger partial charge in [0.05, 0.1) is 20.0 Å². The van der Waals surface area contributed by atoms with E-state index in [-0.39, 0.29) is 12.1 Å². The summed E-state index contributed by atoms with van der Waals surface area (Å²) >= 11 is 0. The number of hydrogen-bond acceptors (Lipinski definition) is 4. The summed E-state index contributed by atoms with van der Waals surface area (Å²) in [6.07, 6.45) is 8.86. The van der Waals surface area contributed by atoms with Crippen LogP contribution >= 0.6 is 0 Å². The summed E-state index contributed by atoms with van der Waals surface area (Å²) in [4.78, 5) is 15.3. The Morgan fingerprint density at radius 2 is 1.92 bits per heavy atom. The van der Waals surface area contributed by atoms with Gasteiger partial charge in [0.15, 0.2) is 0 Å². The van der Waals surface area contributed by atoms with Crippen LogP contribution in [0.25, 0.3) is 0 Å². The topological polar surface area (TPSA) is 59.9 Å². The molecule has 1 aromatic carbocycles. The fourth-order valence-electron chi connectivity index (χ4n) is 2.41. The molecular weight excluding hydrogens is 316 g/mol. The highest BCUT2D eigenvalue weighted by Crippen LogP contribution is 2.18. The third-order valence-electron chi connectivity index (χ3n) is 3.80. The lowest BCUT2D eigenvalue weighted by molar-refractivity contribution is -0.140. The number of rotatable bonds is 14. The molecule has 1 rings (SSSR count).